The zero-order valence-corrected chi connectivity index (χ0v) is 21.8. The molecule has 0 aliphatic carbocycles. The van der Waals surface area contributed by atoms with Crippen LogP contribution in [-0.2, 0) is 11.2 Å². The van der Waals surface area contributed by atoms with Gasteiger partial charge in [0.15, 0.2) is 11.4 Å². The maximum Gasteiger partial charge on any atom is 0.229 e. The molecule has 0 bridgehead atoms. The lowest BCUT2D eigenvalue weighted by Gasteiger charge is -2.29. The lowest BCUT2D eigenvalue weighted by atomic mass is 10.0. The van der Waals surface area contributed by atoms with E-state index in [1.165, 1.54) is 6.42 Å². The molecule has 2 aromatic heterocycles. The van der Waals surface area contributed by atoms with Crippen LogP contribution in [0.2, 0.25) is 0 Å². The standard InChI is InChI=1S/C29H33N7O2/c1-35(2)13-7-10-23(37)17-20-8-6-9-21(16-20)27-24-19-30-34-28(24)33-29(32-27)31-22-11-12-26(38)25(18-22)36-14-4-3-5-15-36/h6-12,16,18-19,38H,3-5,13-15,17H2,1-2H3,(H2,30,31,32,33,34)/b10-7+. The number of benzene rings is 2. The molecule has 0 unspecified atom stereocenters. The molecule has 4 aromatic rings. The van der Waals surface area contributed by atoms with Crippen LogP contribution < -0.4 is 10.2 Å². The van der Waals surface area contributed by atoms with Crippen LogP contribution in [0.5, 0.6) is 5.75 Å². The molecule has 3 N–H and O–H groups in total. The van der Waals surface area contributed by atoms with Gasteiger partial charge in [-0.15, -0.1) is 0 Å². The van der Waals surface area contributed by atoms with Gasteiger partial charge in [-0.2, -0.15) is 10.1 Å². The zero-order chi connectivity index (χ0) is 26.5. The van der Waals surface area contributed by atoms with Gasteiger partial charge < -0.3 is 20.2 Å². The number of carbonyl (C=O) groups is 1. The Bertz CT molecular complexity index is 1450. The second-order valence-electron chi connectivity index (χ2n) is 9.91. The predicted molar refractivity (Wildman–Crippen MR) is 151 cm³/mol. The second-order valence-corrected chi connectivity index (χ2v) is 9.91. The van der Waals surface area contributed by atoms with Crippen molar-refractivity contribution in [3.05, 3.63) is 66.4 Å². The molecule has 0 saturated carbocycles. The molecule has 0 radical (unpaired) electrons. The maximum atomic E-state index is 12.5. The SMILES string of the molecule is CN(C)C/C=C/C(=O)Cc1cccc(-c2nc(Nc3ccc(O)c(N4CCCCC4)c3)nc3[nH]ncc23)c1. The number of nitrogens with one attached hydrogen (secondary N) is 2. The van der Waals surface area contributed by atoms with Crippen LogP contribution in [0, 0.1) is 0 Å². The summed E-state index contributed by atoms with van der Waals surface area (Å²) in [4.78, 5) is 26.1. The van der Waals surface area contributed by atoms with Crippen LogP contribution in [0.25, 0.3) is 22.3 Å². The van der Waals surface area contributed by atoms with Crippen LogP contribution in [-0.4, -0.2) is 69.7 Å². The van der Waals surface area contributed by atoms with Crippen LogP contribution >= 0.6 is 0 Å². The number of aromatic hydroxyl groups is 1. The average molecular weight is 512 g/mol. The third kappa shape index (κ3) is 6.00. The molecule has 9 nitrogen and oxygen atoms in total. The Morgan fingerprint density at radius 2 is 1.97 bits per heavy atom. The van der Waals surface area contributed by atoms with Crippen LogP contribution in [0.15, 0.2) is 60.8 Å². The lowest BCUT2D eigenvalue weighted by Crippen LogP contribution is -2.29. The summed E-state index contributed by atoms with van der Waals surface area (Å²) in [5.41, 5.74) is 4.73. The Kier molecular flexibility index (Phi) is 7.65. The molecular weight excluding hydrogens is 478 g/mol. The van der Waals surface area contributed by atoms with Crippen molar-refractivity contribution in [1.82, 2.24) is 25.1 Å². The van der Waals surface area contributed by atoms with E-state index in [1.807, 2.05) is 61.5 Å². The van der Waals surface area contributed by atoms with E-state index in [4.69, 9.17) is 4.98 Å². The number of likely N-dealkylation sites (N-methyl/N-ethyl adjacent to an activating group) is 1. The molecule has 3 heterocycles. The number of allylic oxidation sites excluding steroid dienone is 1. The van der Waals surface area contributed by atoms with Gasteiger partial charge in [0.05, 0.1) is 23.0 Å². The summed E-state index contributed by atoms with van der Waals surface area (Å²) >= 11 is 0. The van der Waals surface area contributed by atoms with Gasteiger partial charge in [-0.25, -0.2) is 4.98 Å². The molecule has 1 aliphatic heterocycles. The summed E-state index contributed by atoms with van der Waals surface area (Å²) < 4.78 is 0. The van der Waals surface area contributed by atoms with Gasteiger partial charge in [0.2, 0.25) is 5.95 Å². The number of piperidine rings is 1. The van der Waals surface area contributed by atoms with E-state index in [0.29, 0.717) is 18.0 Å². The van der Waals surface area contributed by atoms with Crippen molar-refractivity contribution in [3.63, 3.8) is 0 Å². The first-order valence-corrected chi connectivity index (χ1v) is 13.0. The maximum absolute atomic E-state index is 12.5. The Morgan fingerprint density at radius 1 is 1.13 bits per heavy atom. The van der Waals surface area contributed by atoms with E-state index in [0.717, 1.165) is 66.1 Å². The van der Waals surface area contributed by atoms with Crippen molar-refractivity contribution in [2.24, 2.45) is 0 Å². The summed E-state index contributed by atoms with van der Waals surface area (Å²) in [6, 6.07) is 13.3. The number of rotatable bonds is 9. The van der Waals surface area contributed by atoms with E-state index in [9.17, 15) is 9.90 Å². The molecular formula is C29H33N7O2. The molecule has 196 valence electrons. The number of carbonyl (C=O) groups excluding carboxylic acids is 1. The largest absolute Gasteiger partial charge is 0.506 e. The first-order chi connectivity index (χ1) is 18.5. The number of aromatic amines is 1. The molecule has 0 atom stereocenters. The van der Waals surface area contributed by atoms with Gasteiger partial charge in [0.25, 0.3) is 0 Å². The van der Waals surface area contributed by atoms with Gasteiger partial charge in [-0.1, -0.05) is 24.3 Å². The third-order valence-corrected chi connectivity index (χ3v) is 6.59. The molecule has 0 amide bonds. The molecule has 1 saturated heterocycles. The number of fused-ring (bicyclic) bond motifs is 1. The molecule has 1 fully saturated rings. The molecule has 2 aromatic carbocycles. The highest BCUT2D eigenvalue weighted by Crippen LogP contribution is 2.34. The normalized spacial score (nSPS) is 14.0. The Morgan fingerprint density at radius 3 is 2.79 bits per heavy atom. The van der Waals surface area contributed by atoms with E-state index in [-0.39, 0.29) is 11.5 Å². The second kappa shape index (κ2) is 11.4. The highest BCUT2D eigenvalue weighted by Gasteiger charge is 2.17. The number of phenolic OH excluding ortho intramolecular Hbond substituents is 1. The van der Waals surface area contributed by atoms with Crippen molar-refractivity contribution in [3.8, 4) is 17.0 Å². The zero-order valence-electron chi connectivity index (χ0n) is 21.8. The Balaban J connectivity index is 1.41. The van der Waals surface area contributed by atoms with Crippen molar-refractivity contribution >= 4 is 34.1 Å². The fraction of sp³-hybridized carbons (Fsp3) is 0.310. The third-order valence-electron chi connectivity index (χ3n) is 6.59. The van der Waals surface area contributed by atoms with Crippen molar-refractivity contribution in [2.75, 3.05) is 43.9 Å². The summed E-state index contributed by atoms with van der Waals surface area (Å²) in [6.45, 7) is 2.59. The highest BCUT2D eigenvalue weighted by atomic mass is 16.3. The minimum atomic E-state index is 0.0549. The fourth-order valence-corrected chi connectivity index (χ4v) is 4.71. The minimum absolute atomic E-state index is 0.0549. The summed E-state index contributed by atoms with van der Waals surface area (Å²) in [5, 5.41) is 21.7. The molecule has 38 heavy (non-hydrogen) atoms. The van der Waals surface area contributed by atoms with Crippen molar-refractivity contribution in [2.45, 2.75) is 25.7 Å². The monoisotopic (exact) mass is 511 g/mol. The quantitative estimate of drug-likeness (QED) is 0.219. The lowest BCUT2D eigenvalue weighted by molar-refractivity contribution is -0.114. The van der Waals surface area contributed by atoms with E-state index >= 15 is 0 Å². The van der Waals surface area contributed by atoms with E-state index < -0.39 is 0 Å². The summed E-state index contributed by atoms with van der Waals surface area (Å²) in [5.74, 6) is 0.741. The average Bonchev–Trinajstić information content (AvgIpc) is 3.38. The van der Waals surface area contributed by atoms with Crippen LogP contribution in [0.1, 0.15) is 24.8 Å². The number of hydrogen-bond acceptors (Lipinski definition) is 8. The highest BCUT2D eigenvalue weighted by molar-refractivity contribution is 5.93. The van der Waals surface area contributed by atoms with E-state index in [1.54, 1.807) is 18.3 Å². The molecule has 9 heteroatoms. The summed E-state index contributed by atoms with van der Waals surface area (Å²) in [6.07, 6.45) is 9.01. The van der Waals surface area contributed by atoms with E-state index in [2.05, 4.69) is 25.4 Å². The molecule has 0 spiro atoms. The van der Waals surface area contributed by atoms with Crippen molar-refractivity contribution in [1.29, 1.82) is 0 Å². The number of ketones is 1. The van der Waals surface area contributed by atoms with Gasteiger partial charge in [-0.3, -0.25) is 9.89 Å². The Hall–Kier alpha value is -4.24. The van der Waals surface area contributed by atoms with Gasteiger partial charge in [0, 0.05) is 37.3 Å². The topological polar surface area (TPSA) is 110 Å². The number of nitrogens with zero attached hydrogens (tertiary/aromatic N) is 5. The number of phenols is 1. The Labute approximate surface area is 222 Å². The van der Waals surface area contributed by atoms with Gasteiger partial charge >= 0.3 is 0 Å². The molecule has 5 rings (SSSR count). The van der Waals surface area contributed by atoms with Gasteiger partial charge in [-0.05, 0) is 69.3 Å². The number of anilines is 3. The number of H-pyrrole nitrogens is 1. The smallest absolute Gasteiger partial charge is 0.229 e. The van der Waals surface area contributed by atoms with Crippen molar-refractivity contribution < 1.29 is 9.90 Å². The van der Waals surface area contributed by atoms with Crippen LogP contribution in [0.4, 0.5) is 17.3 Å². The van der Waals surface area contributed by atoms with Crippen LogP contribution in [0.3, 0.4) is 0 Å². The first kappa shape index (κ1) is 25.4. The summed E-state index contributed by atoms with van der Waals surface area (Å²) in [7, 11) is 3.93. The number of aromatic nitrogens is 4. The fourth-order valence-electron chi connectivity index (χ4n) is 4.71. The predicted octanol–water partition coefficient (Wildman–Crippen LogP) is 4.69. The number of hydrogen-bond donors (Lipinski definition) is 3. The van der Waals surface area contributed by atoms with Gasteiger partial charge in [0.1, 0.15) is 5.75 Å². The minimum Gasteiger partial charge on any atom is -0.506 e. The molecule has 1 aliphatic rings. The first-order valence-electron chi connectivity index (χ1n) is 13.0.